The van der Waals surface area contributed by atoms with Crippen molar-refractivity contribution >= 4 is 47.8 Å². The first-order valence-electron chi connectivity index (χ1n) is 29.8. The topological polar surface area (TPSA) is 210 Å². The lowest BCUT2D eigenvalue weighted by molar-refractivity contribution is -0.218. The van der Waals surface area contributed by atoms with Gasteiger partial charge in [0.05, 0.1) is 34.5 Å². The SMILES string of the molecule is C.C.C.C.CCC(C)(C)C(=O)OCC(=O)OC1C2CC3C1OC(=O)C3C2C(=O)OC1(CC)C2CC3CC(C2)CC1C3.CCC(C)(C)C(=O)OCC(=O)OC1C2CC3C1OC(=O)C3C2C(=O)OC1(CC)CC2CC1C1C3CCC(C3)C21. The van der Waals surface area contributed by atoms with Crippen LogP contribution in [0.1, 0.15) is 188 Å². The number of hydrogen-bond acceptors (Lipinski definition) is 16. The smallest absolute Gasteiger partial charge is 0.344 e. The van der Waals surface area contributed by atoms with Gasteiger partial charge in [-0.05, 0) is 184 Å². The molecule has 0 aromatic rings. The molecule has 14 fully saturated rings. The maximum atomic E-state index is 14.0. The quantitative estimate of drug-likeness (QED) is 0.0799. The Morgan fingerprint density at radius 2 is 0.988 bits per heavy atom. The zero-order valence-corrected chi connectivity index (χ0v) is 46.0. The Morgan fingerprint density at radius 1 is 0.537 bits per heavy atom. The summed E-state index contributed by atoms with van der Waals surface area (Å²) in [5.41, 5.74) is -2.27. The molecule has 0 aromatic carbocycles. The Balaban J connectivity index is 0.000000201. The summed E-state index contributed by atoms with van der Waals surface area (Å²) in [5.74, 6) is -0.414. The fourth-order valence-corrected chi connectivity index (χ4v) is 19.9. The van der Waals surface area contributed by atoms with E-state index in [1.807, 2.05) is 13.8 Å². The molecule has 0 radical (unpaired) electrons. The number of rotatable bonds is 16. The van der Waals surface area contributed by atoms with E-state index in [-0.39, 0.29) is 77.3 Å². The van der Waals surface area contributed by atoms with Crippen molar-refractivity contribution in [3.8, 4) is 0 Å². The van der Waals surface area contributed by atoms with Crippen LogP contribution in [0.5, 0.6) is 0 Å². The van der Waals surface area contributed by atoms with Crippen LogP contribution in [0.4, 0.5) is 0 Å². The first kappa shape index (κ1) is 61.8. The predicted molar refractivity (Wildman–Crippen MR) is 293 cm³/mol. The summed E-state index contributed by atoms with van der Waals surface area (Å²) in [6.45, 7) is 14.1. The molecule has 0 aromatic heterocycles. The van der Waals surface area contributed by atoms with Crippen molar-refractivity contribution < 1.29 is 76.3 Å². The molecule has 12 aliphatic carbocycles. The fourth-order valence-electron chi connectivity index (χ4n) is 19.9. The molecule has 2 heterocycles. The molecule has 2 aliphatic heterocycles. The molecule has 450 valence electrons. The van der Waals surface area contributed by atoms with Crippen molar-refractivity contribution in [3.63, 3.8) is 0 Å². The van der Waals surface area contributed by atoms with Gasteiger partial charge in [0.1, 0.15) is 35.6 Å². The third-order valence-electron chi connectivity index (χ3n) is 23.8. The number of carbonyl (C=O) groups excluding carboxylic acids is 8. The Hall–Kier alpha value is -4.24. The summed E-state index contributed by atoms with van der Waals surface area (Å²) >= 11 is 0. The second kappa shape index (κ2) is 22.1. The van der Waals surface area contributed by atoms with Gasteiger partial charge in [-0.25, -0.2) is 9.59 Å². The van der Waals surface area contributed by atoms with Crippen LogP contribution in [-0.4, -0.2) is 96.6 Å². The van der Waals surface area contributed by atoms with Crippen LogP contribution in [0.25, 0.3) is 0 Å². The summed E-state index contributed by atoms with van der Waals surface area (Å²) < 4.78 is 46.3. The molecule has 80 heavy (non-hydrogen) atoms. The van der Waals surface area contributed by atoms with Crippen LogP contribution < -0.4 is 0 Å². The predicted octanol–water partition coefficient (Wildman–Crippen LogP) is 10.5. The van der Waals surface area contributed by atoms with Crippen molar-refractivity contribution in [2.24, 2.45) is 117 Å². The zero-order valence-electron chi connectivity index (χ0n) is 46.0. The van der Waals surface area contributed by atoms with Gasteiger partial charge in [-0.2, -0.15) is 0 Å². The second-order valence-corrected chi connectivity index (χ2v) is 27.7. The molecule has 19 atom stereocenters. The first-order valence-corrected chi connectivity index (χ1v) is 29.8. The summed E-state index contributed by atoms with van der Waals surface area (Å²) in [6, 6.07) is 0. The molecule has 0 amide bonds. The molecule has 19 unspecified atom stereocenters. The van der Waals surface area contributed by atoms with Crippen molar-refractivity contribution in [1.29, 1.82) is 0 Å². The van der Waals surface area contributed by atoms with Gasteiger partial charge in [0, 0.05) is 29.6 Å². The molecule has 14 rings (SSSR count). The van der Waals surface area contributed by atoms with Crippen molar-refractivity contribution in [3.05, 3.63) is 0 Å². The van der Waals surface area contributed by atoms with Crippen molar-refractivity contribution in [2.45, 2.75) is 223 Å². The number of carbonyl (C=O) groups is 8. The molecular formula is C64H98O16. The molecule has 12 bridgehead atoms. The lowest BCUT2D eigenvalue weighted by atomic mass is 9.49. The third-order valence-corrected chi connectivity index (χ3v) is 23.8. The monoisotopic (exact) mass is 1120 g/mol. The number of hydrogen-bond donors (Lipinski definition) is 0. The van der Waals surface area contributed by atoms with Gasteiger partial charge in [0.15, 0.2) is 13.2 Å². The van der Waals surface area contributed by atoms with E-state index < -0.39 is 107 Å². The van der Waals surface area contributed by atoms with E-state index >= 15 is 0 Å². The highest BCUT2D eigenvalue weighted by Crippen LogP contribution is 2.71. The van der Waals surface area contributed by atoms with E-state index in [0.717, 1.165) is 74.5 Å². The van der Waals surface area contributed by atoms with Gasteiger partial charge in [-0.3, -0.25) is 28.8 Å². The van der Waals surface area contributed by atoms with Gasteiger partial charge < -0.3 is 37.9 Å². The van der Waals surface area contributed by atoms with E-state index in [1.165, 1.54) is 32.1 Å². The van der Waals surface area contributed by atoms with Crippen LogP contribution in [-0.2, 0) is 76.3 Å². The van der Waals surface area contributed by atoms with Crippen LogP contribution in [0.3, 0.4) is 0 Å². The highest BCUT2D eigenvalue weighted by Gasteiger charge is 2.74. The van der Waals surface area contributed by atoms with Crippen LogP contribution in [0.2, 0.25) is 0 Å². The van der Waals surface area contributed by atoms with Crippen LogP contribution in [0.15, 0.2) is 0 Å². The second-order valence-electron chi connectivity index (χ2n) is 27.7. The normalized spacial score (nSPS) is 44.0. The Bertz CT molecular complexity index is 2400. The van der Waals surface area contributed by atoms with Crippen molar-refractivity contribution in [2.75, 3.05) is 13.2 Å². The first-order chi connectivity index (χ1) is 36.2. The standard InChI is InChI=1S/C31H42O8.C29H40O8.4CH4/c1-5-30(3,4)29(35)36-13-20(32)37-25-18-11-17-23(27(33)38-26(17)25)24(18)28(34)39-31(6-2)12-16-10-19(31)22-15-8-7-14(9-15)21(16)22;1-5-28(3,4)27(33)34-13-20(30)35-23-19-12-18-21(25(31)36-24(18)23)22(19)26(32)37-29(6-2)16-8-14-7-15(10-16)11-17(29)9-14;;;;/h14-19,21-26H,5-13H2,1-4H3;14-19,21-24H,5-13H2,1-4H3;4*1H4. The zero-order chi connectivity index (χ0) is 53.7. The van der Waals surface area contributed by atoms with E-state index in [0.29, 0.717) is 55.3 Å². The number of ether oxygens (including phenoxy) is 8. The molecule has 16 heteroatoms. The number of esters is 8. The highest BCUT2D eigenvalue weighted by atomic mass is 16.6. The average molecular weight is 1120 g/mol. The average Bonchev–Trinajstić information content (AvgIpc) is 4.46. The molecule has 0 spiro atoms. The Morgan fingerprint density at radius 3 is 1.43 bits per heavy atom. The minimum absolute atomic E-state index is 0. The molecular weight excluding hydrogens is 1020 g/mol. The van der Waals surface area contributed by atoms with Gasteiger partial charge in [-0.15, -0.1) is 0 Å². The maximum absolute atomic E-state index is 14.0. The lowest BCUT2D eigenvalue weighted by Crippen LogP contribution is -2.60. The Labute approximate surface area is 476 Å². The largest absolute Gasteiger partial charge is 0.459 e. The summed E-state index contributed by atoms with van der Waals surface area (Å²) in [6.07, 6.45) is 13.5. The fraction of sp³-hybridized carbons (Fsp3) is 0.875. The summed E-state index contributed by atoms with van der Waals surface area (Å²) in [5, 5.41) is 0. The highest BCUT2D eigenvalue weighted by molar-refractivity contribution is 5.88. The van der Waals surface area contributed by atoms with Gasteiger partial charge >= 0.3 is 47.8 Å². The molecule has 14 aliphatic rings. The minimum atomic E-state index is -0.716. The third kappa shape index (κ3) is 9.41. The van der Waals surface area contributed by atoms with E-state index in [1.54, 1.807) is 27.7 Å². The van der Waals surface area contributed by atoms with E-state index in [4.69, 9.17) is 37.9 Å². The van der Waals surface area contributed by atoms with E-state index in [9.17, 15) is 38.4 Å². The van der Waals surface area contributed by atoms with Gasteiger partial charge in [0.25, 0.3) is 0 Å². The van der Waals surface area contributed by atoms with Crippen molar-refractivity contribution in [1.82, 2.24) is 0 Å². The molecule has 0 N–H and O–H groups in total. The minimum Gasteiger partial charge on any atom is -0.459 e. The summed E-state index contributed by atoms with van der Waals surface area (Å²) in [4.78, 5) is 104. The van der Waals surface area contributed by atoms with Gasteiger partial charge in [0.2, 0.25) is 0 Å². The molecule has 12 saturated carbocycles. The van der Waals surface area contributed by atoms with Crippen LogP contribution >= 0.6 is 0 Å². The number of fused-ring (bicyclic) bond motifs is 11. The van der Waals surface area contributed by atoms with Gasteiger partial charge in [-0.1, -0.05) is 57.4 Å². The lowest BCUT2D eigenvalue weighted by Gasteiger charge is -2.60. The molecule has 16 nitrogen and oxygen atoms in total. The summed E-state index contributed by atoms with van der Waals surface area (Å²) in [7, 11) is 0. The van der Waals surface area contributed by atoms with E-state index in [2.05, 4.69) is 13.8 Å². The maximum Gasteiger partial charge on any atom is 0.344 e. The Kier molecular flexibility index (Phi) is 17.1. The van der Waals surface area contributed by atoms with Crippen LogP contribution in [0, 0.1) is 117 Å². The molecule has 2 saturated heterocycles.